The van der Waals surface area contributed by atoms with Crippen LogP contribution in [-0.2, 0) is 16.0 Å². The van der Waals surface area contributed by atoms with Gasteiger partial charge < -0.3 is 10.4 Å². The molecule has 0 bridgehead atoms. The van der Waals surface area contributed by atoms with Crippen LogP contribution in [0, 0.1) is 13.8 Å². The first-order chi connectivity index (χ1) is 13.4. The van der Waals surface area contributed by atoms with E-state index in [1.54, 1.807) is 24.3 Å². The number of rotatable bonds is 8. The summed E-state index contributed by atoms with van der Waals surface area (Å²) in [6.07, 6.45) is 3.66. The van der Waals surface area contributed by atoms with Gasteiger partial charge in [0, 0.05) is 24.1 Å². The average molecular weight is 379 g/mol. The number of nitrogens with zero attached hydrogens (tertiary/aromatic N) is 1. The van der Waals surface area contributed by atoms with Crippen molar-refractivity contribution in [1.82, 2.24) is 5.43 Å². The number of hydrogen-bond donors (Lipinski definition) is 3. The maximum absolute atomic E-state index is 12.0. The lowest BCUT2D eigenvalue weighted by atomic mass is 10.1. The monoisotopic (exact) mass is 379 g/mol. The molecule has 0 atom stereocenters. The Kier molecular flexibility index (Phi) is 7.51. The van der Waals surface area contributed by atoms with E-state index in [2.05, 4.69) is 22.4 Å². The van der Waals surface area contributed by atoms with Gasteiger partial charge >= 0.3 is 0 Å². The Morgan fingerprint density at radius 1 is 1.11 bits per heavy atom. The van der Waals surface area contributed by atoms with Gasteiger partial charge in [-0.25, -0.2) is 5.43 Å². The van der Waals surface area contributed by atoms with Crippen LogP contribution in [-0.4, -0.2) is 23.1 Å². The number of amides is 2. The van der Waals surface area contributed by atoms with Crippen LogP contribution in [0.25, 0.3) is 0 Å². The van der Waals surface area contributed by atoms with Crippen molar-refractivity contribution in [1.29, 1.82) is 0 Å². The standard InChI is InChI=1S/C22H25N3O3/c1-4-6-17-7-5-8-18(22(17)28)14-23-25-21(27)12-11-20(26)24-19-10-9-15(2)16(3)13-19/h4-5,7-10,13-14,28H,1,6,11-12H2,2-3H3,(H,24,26)(H,25,27). The molecular weight excluding hydrogens is 354 g/mol. The quantitative estimate of drug-likeness (QED) is 0.372. The third-order valence-electron chi connectivity index (χ3n) is 4.28. The number of nitrogens with one attached hydrogen (secondary N) is 2. The molecule has 0 fully saturated rings. The van der Waals surface area contributed by atoms with Gasteiger partial charge in [-0.2, -0.15) is 5.10 Å². The number of allylic oxidation sites excluding steroid dienone is 1. The lowest BCUT2D eigenvalue weighted by Gasteiger charge is -2.07. The van der Waals surface area contributed by atoms with Gasteiger partial charge in [0.15, 0.2) is 0 Å². The highest BCUT2D eigenvalue weighted by molar-refractivity contribution is 5.93. The van der Waals surface area contributed by atoms with Crippen LogP contribution in [0.3, 0.4) is 0 Å². The Morgan fingerprint density at radius 2 is 1.86 bits per heavy atom. The first-order valence-electron chi connectivity index (χ1n) is 9.01. The molecule has 0 unspecified atom stereocenters. The third kappa shape index (κ3) is 6.09. The van der Waals surface area contributed by atoms with Crippen molar-refractivity contribution < 1.29 is 14.7 Å². The van der Waals surface area contributed by atoms with Gasteiger partial charge in [0.1, 0.15) is 5.75 Å². The van der Waals surface area contributed by atoms with Gasteiger partial charge in [0.25, 0.3) is 0 Å². The van der Waals surface area contributed by atoms with E-state index < -0.39 is 0 Å². The first kappa shape index (κ1) is 20.9. The Labute approximate surface area is 165 Å². The topological polar surface area (TPSA) is 90.8 Å². The third-order valence-corrected chi connectivity index (χ3v) is 4.28. The van der Waals surface area contributed by atoms with Crippen molar-refractivity contribution in [3.8, 4) is 5.75 Å². The molecule has 0 saturated carbocycles. The molecule has 0 aliphatic carbocycles. The van der Waals surface area contributed by atoms with Crippen molar-refractivity contribution in [2.24, 2.45) is 5.10 Å². The largest absolute Gasteiger partial charge is 0.507 e. The van der Waals surface area contributed by atoms with E-state index in [1.165, 1.54) is 6.21 Å². The van der Waals surface area contributed by atoms with E-state index in [0.717, 1.165) is 16.7 Å². The van der Waals surface area contributed by atoms with Gasteiger partial charge in [0.2, 0.25) is 11.8 Å². The fraction of sp³-hybridized carbons (Fsp3) is 0.227. The highest BCUT2D eigenvalue weighted by atomic mass is 16.3. The number of phenolic OH excluding ortho intramolecular Hbond substituents is 1. The van der Waals surface area contributed by atoms with Crippen LogP contribution >= 0.6 is 0 Å². The number of benzene rings is 2. The summed E-state index contributed by atoms with van der Waals surface area (Å²) in [5, 5.41) is 16.8. The van der Waals surface area contributed by atoms with Crippen LogP contribution in [0.4, 0.5) is 5.69 Å². The minimum atomic E-state index is -0.381. The first-order valence-corrected chi connectivity index (χ1v) is 9.01. The summed E-state index contributed by atoms with van der Waals surface area (Å²) in [5.41, 5.74) is 6.53. The zero-order chi connectivity index (χ0) is 20.5. The van der Waals surface area contributed by atoms with E-state index >= 15 is 0 Å². The SMILES string of the molecule is C=CCc1cccc(C=NNC(=O)CCC(=O)Nc2ccc(C)c(C)c2)c1O. The van der Waals surface area contributed by atoms with E-state index in [1.807, 2.05) is 32.0 Å². The van der Waals surface area contributed by atoms with Crippen molar-refractivity contribution in [3.05, 3.63) is 71.3 Å². The smallest absolute Gasteiger partial charge is 0.240 e. The second-order valence-corrected chi connectivity index (χ2v) is 6.49. The van der Waals surface area contributed by atoms with Gasteiger partial charge in [-0.05, 0) is 55.2 Å². The Morgan fingerprint density at radius 3 is 2.57 bits per heavy atom. The van der Waals surface area contributed by atoms with Crippen molar-refractivity contribution in [2.75, 3.05) is 5.32 Å². The number of hydrogen-bond acceptors (Lipinski definition) is 4. The van der Waals surface area contributed by atoms with Gasteiger partial charge in [-0.15, -0.1) is 6.58 Å². The molecule has 3 N–H and O–H groups in total. The Balaban J connectivity index is 1.81. The van der Waals surface area contributed by atoms with E-state index in [9.17, 15) is 14.7 Å². The van der Waals surface area contributed by atoms with E-state index in [-0.39, 0.29) is 30.4 Å². The molecule has 2 amide bonds. The van der Waals surface area contributed by atoms with Crippen LogP contribution in [0.2, 0.25) is 0 Å². The van der Waals surface area contributed by atoms with Gasteiger partial charge in [0.05, 0.1) is 6.21 Å². The normalized spacial score (nSPS) is 10.6. The van der Waals surface area contributed by atoms with Crippen molar-refractivity contribution >= 4 is 23.7 Å². The lowest BCUT2D eigenvalue weighted by Crippen LogP contribution is -2.20. The molecule has 0 heterocycles. The molecule has 0 radical (unpaired) electrons. The van der Waals surface area contributed by atoms with Crippen LogP contribution < -0.4 is 10.7 Å². The Hall–Kier alpha value is -3.41. The molecule has 28 heavy (non-hydrogen) atoms. The Bertz CT molecular complexity index is 904. The summed E-state index contributed by atoms with van der Waals surface area (Å²) < 4.78 is 0. The minimum absolute atomic E-state index is 0.0104. The summed E-state index contributed by atoms with van der Waals surface area (Å²) in [6, 6.07) is 10.9. The molecular formula is C22H25N3O3. The van der Waals surface area contributed by atoms with Crippen molar-refractivity contribution in [3.63, 3.8) is 0 Å². The van der Waals surface area contributed by atoms with Crippen LogP contribution in [0.1, 0.15) is 35.1 Å². The van der Waals surface area contributed by atoms with Gasteiger partial charge in [-0.3, -0.25) is 9.59 Å². The van der Waals surface area contributed by atoms with Crippen molar-refractivity contribution in [2.45, 2.75) is 33.1 Å². The zero-order valence-corrected chi connectivity index (χ0v) is 16.2. The maximum Gasteiger partial charge on any atom is 0.240 e. The minimum Gasteiger partial charge on any atom is -0.507 e. The van der Waals surface area contributed by atoms with Gasteiger partial charge in [-0.1, -0.05) is 24.3 Å². The van der Waals surface area contributed by atoms with Crippen LogP contribution in [0.5, 0.6) is 5.75 Å². The highest BCUT2D eigenvalue weighted by Gasteiger charge is 2.08. The molecule has 6 heteroatoms. The molecule has 0 saturated heterocycles. The average Bonchev–Trinajstić information content (AvgIpc) is 2.66. The highest BCUT2D eigenvalue weighted by Crippen LogP contribution is 2.21. The number of phenols is 1. The van der Waals surface area contributed by atoms with E-state index in [0.29, 0.717) is 17.7 Å². The predicted octanol–water partition coefficient (Wildman–Crippen LogP) is 3.61. The second kappa shape index (κ2) is 10.1. The number of para-hydroxylation sites is 1. The molecule has 2 aromatic rings. The molecule has 0 aromatic heterocycles. The molecule has 6 nitrogen and oxygen atoms in total. The number of carbonyl (C=O) groups excluding carboxylic acids is 2. The number of aromatic hydroxyl groups is 1. The second-order valence-electron chi connectivity index (χ2n) is 6.49. The molecule has 2 aromatic carbocycles. The summed E-state index contributed by atoms with van der Waals surface area (Å²) in [4.78, 5) is 23.8. The summed E-state index contributed by atoms with van der Waals surface area (Å²) in [7, 11) is 0. The number of hydrazone groups is 1. The molecule has 146 valence electrons. The summed E-state index contributed by atoms with van der Waals surface area (Å²) >= 11 is 0. The molecule has 2 rings (SSSR count). The predicted molar refractivity (Wildman–Crippen MR) is 112 cm³/mol. The number of aryl methyl sites for hydroxylation is 2. The van der Waals surface area contributed by atoms with E-state index in [4.69, 9.17) is 0 Å². The van der Waals surface area contributed by atoms with Crippen LogP contribution in [0.15, 0.2) is 54.2 Å². The lowest BCUT2D eigenvalue weighted by molar-refractivity contribution is -0.124. The molecule has 0 aliphatic rings. The number of anilines is 1. The maximum atomic E-state index is 12.0. The molecule has 0 aliphatic heterocycles. The summed E-state index contributed by atoms with van der Waals surface area (Å²) in [6.45, 7) is 7.62. The summed E-state index contributed by atoms with van der Waals surface area (Å²) in [5.74, 6) is -0.515. The fourth-order valence-corrected chi connectivity index (χ4v) is 2.54. The molecule has 0 spiro atoms. The number of carbonyl (C=O) groups is 2. The zero-order valence-electron chi connectivity index (χ0n) is 16.2. The fourth-order valence-electron chi connectivity index (χ4n) is 2.54.